The van der Waals surface area contributed by atoms with Crippen molar-refractivity contribution in [1.29, 1.82) is 0 Å². The van der Waals surface area contributed by atoms with E-state index in [2.05, 4.69) is 5.32 Å². The fraction of sp³-hybridized carbons (Fsp3) is 0. The van der Waals surface area contributed by atoms with E-state index in [4.69, 9.17) is 5.73 Å². The van der Waals surface area contributed by atoms with Gasteiger partial charge in [-0.3, -0.25) is 4.79 Å². The number of nitrogens with one attached hydrogen (secondary N) is 1. The summed E-state index contributed by atoms with van der Waals surface area (Å²) in [6, 6.07) is 9.88. The molecule has 92 valence electrons. The molecule has 0 saturated heterocycles. The summed E-state index contributed by atoms with van der Waals surface area (Å²) in [5.41, 5.74) is 5.44. The molecule has 0 aliphatic heterocycles. The number of halogens is 2. The predicted molar refractivity (Wildman–Crippen MR) is 65.2 cm³/mol. The van der Waals surface area contributed by atoms with Gasteiger partial charge in [-0.2, -0.15) is 0 Å². The van der Waals surface area contributed by atoms with Crippen molar-refractivity contribution in [1.82, 2.24) is 0 Å². The summed E-state index contributed by atoms with van der Waals surface area (Å²) in [7, 11) is 0. The smallest absolute Gasteiger partial charge is 0.255 e. The van der Waals surface area contributed by atoms with Crippen molar-refractivity contribution in [2.24, 2.45) is 0 Å². The Morgan fingerprint density at radius 1 is 1.11 bits per heavy atom. The van der Waals surface area contributed by atoms with Gasteiger partial charge < -0.3 is 11.1 Å². The maximum Gasteiger partial charge on any atom is 0.255 e. The zero-order chi connectivity index (χ0) is 13.1. The third kappa shape index (κ3) is 2.45. The minimum absolute atomic E-state index is 0.156. The summed E-state index contributed by atoms with van der Waals surface area (Å²) in [5, 5.41) is 2.32. The van der Waals surface area contributed by atoms with Gasteiger partial charge in [0.05, 0.1) is 5.69 Å². The minimum Gasteiger partial charge on any atom is -0.397 e. The number of carbonyl (C=O) groups is 1. The van der Waals surface area contributed by atoms with Crippen molar-refractivity contribution in [2.45, 2.75) is 0 Å². The van der Waals surface area contributed by atoms with Crippen LogP contribution in [0.5, 0.6) is 0 Å². The second kappa shape index (κ2) is 4.83. The molecule has 3 nitrogen and oxygen atoms in total. The van der Waals surface area contributed by atoms with Crippen LogP contribution in [-0.2, 0) is 0 Å². The number of nitrogens with two attached hydrogens (primary N) is 1. The molecular formula is C13H10F2N2O. The van der Waals surface area contributed by atoms with Gasteiger partial charge in [-0.05, 0) is 18.2 Å². The van der Waals surface area contributed by atoms with Crippen LogP contribution >= 0.6 is 0 Å². The Morgan fingerprint density at radius 3 is 2.39 bits per heavy atom. The second-order valence-corrected chi connectivity index (χ2v) is 3.67. The van der Waals surface area contributed by atoms with Crippen LogP contribution in [0.1, 0.15) is 10.4 Å². The van der Waals surface area contributed by atoms with Crippen LogP contribution in [0.25, 0.3) is 0 Å². The molecule has 0 heterocycles. The monoisotopic (exact) mass is 248 g/mol. The molecule has 0 unspecified atom stereocenters. The second-order valence-electron chi connectivity index (χ2n) is 3.67. The third-order valence-corrected chi connectivity index (χ3v) is 2.36. The van der Waals surface area contributed by atoms with Gasteiger partial charge in [0.1, 0.15) is 11.5 Å². The lowest BCUT2D eigenvalue weighted by atomic mass is 10.2. The van der Waals surface area contributed by atoms with Crippen molar-refractivity contribution in [2.75, 3.05) is 11.1 Å². The van der Waals surface area contributed by atoms with Crippen LogP contribution in [0.2, 0.25) is 0 Å². The first-order valence-corrected chi connectivity index (χ1v) is 5.19. The molecule has 2 rings (SSSR count). The quantitative estimate of drug-likeness (QED) is 0.803. The molecule has 0 spiro atoms. The first-order chi connectivity index (χ1) is 8.58. The molecule has 2 aromatic carbocycles. The van der Waals surface area contributed by atoms with Crippen LogP contribution in [-0.4, -0.2) is 5.91 Å². The molecule has 3 N–H and O–H groups in total. The molecule has 0 saturated carbocycles. The highest BCUT2D eigenvalue weighted by atomic mass is 19.1. The van der Waals surface area contributed by atoms with E-state index in [0.717, 1.165) is 6.07 Å². The Bertz CT molecular complexity index is 562. The fourth-order valence-electron chi connectivity index (χ4n) is 1.50. The lowest BCUT2D eigenvalue weighted by Gasteiger charge is -2.09. The molecular weight excluding hydrogens is 238 g/mol. The summed E-state index contributed by atoms with van der Waals surface area (Å²) in [6.07, 6.45) is 0. The summed E-state index contributed by atoms with van der Waals surface area (Å²) in [6.45, 7) is 0. The van der Waals surface area contributed by atoms with Crippen LogP contribution in [0.3, 0.4) is 0 Å². The largest absolute Gasteiger partial charge is 0.397 e. The normalized spacial score (nSPS) is 10.1. The maximum atomic E-state index is 13.5. The molecule has 0 aromatic heterocycles. The Kier molecular flexibility index (Phi) is 3.23. The Balaban J connectivity index is 2.28. The number of amides is 1. The average molecular weight is 248 g/mol. The standard InChI is InChI=1S/C13H10F2N2O/c14-9-6-10(15)12(11(16)7-9)17-13(18)8-4-2-1-3-5-8/h1-7H,16H2,(H,17,18). The molecule has 2 aromatic rings. The van der Waals surface area contributed by atoms with E-state index in [1.165, 1.54) is 0 Å². The van der Waals surface area contributed by atoms with Crippen molar-refractivity contribution in [3.05, 3.63) is 59.7 Å². The van der Waals surface area contributed by atoms with Gasteiger partial charge in [0.15, 0.2) is 5.82 Å². The molecule has 1 amide bonds. The number of hydrogen-bond acceptors (Lipinski definition) is 2. The number of rotatable bonds is 2. The van der Waals surface area contributed by atoms with Crippen LogP contribution in [0, 0.1) is 11.6 Å². The highest BCUT2D eigenvalue weighted by molar-refractivity contribution is 6.05. The van der Waals surface area contributed by atoms with E-state index in [0.29, 0.717) is 11.6 Å². The molecule has 0 radical (unpaired) electrons. The number of benzene rings is 2. The Hall–Kier alpha value is -2.43. The van der Waals surface area contributed by atoms with E-state index >= 15 is 0 Å². The molecule has 0 atom stereocenters. The first kappa shape index (κ1) is 12.0. The summed E-state index contributed by atoms with van der Waals surface area (Å²) in [5.74, 6) is -2.20. The number of anilines is 2. The van der Waals surface area contributed by atoms with Crippen molar-refractivity contribution in [3.63, 3.8) is 0 Å². The number of nitrogen functional groups attached to an aromatic ring is 1. The molecule has 18 heavy (non-hydrogen) atoms. The Labute approximate surface area is 102 Å². The first-order valence-electron chi connectivity index (χ1n) is 5.19. The van der Waals surface area contributed by atoms with Gasteiger partial charge in [-0.15, -0.1) is 0 Å². The molecule has 5 heteroatoms. The van der Waals surface area contributed by atoms with Gasteiger partial charge in [-0.25, -0.2) is 8.78 Å². The van der Waals surface area contributed by atoms with Gasteiger partial charge in [0.25, 0.3) is 5.91 Å². The lowest BCUT2D eigenvalue weighted by molar-refractivity contribution is 0.102. The van der Waals surface area contributed by atoms with Crippen LogP contribution in [0.15, 0.2) is 42.5 Å². The highest BCUT2D eigenvalue weighted by Crippen LogP contribution is 2.24. The van der Waals surface area contributed by atoms with E-state index in [9.17, 15) is 13.6 Å². The topological polar surface area (TPSA) is 55.1 Å². The maximum absolute atomic E-state index is 13.5. The van der Waals surface area contributed by atoms with Crippen molar-refractivity contribution < 1.29 is 13.6 Å². The summed E-state index contributed by atoms with van der Waals surface area (Å²) >= 11 is 0. The summed E-state index contributed by atoms with van der Waals surface area (Å²) < 4.78 is 26.3. The van der Waals surface area contributed by atoms with Gasteiger partial charge in [-0.1, -0.05) is 18.2 Å². The van der Waals surface area contributed by atoms with Gasteiger partial charge in [0, 0.05) is 11.6 Å². The molecule has 0 aliphatic carbocycles. The number of carbonyl (C=O) groups excluding carboxylic acids is 1. The van der Waals surface area contributed by atoms with E-state index in [-0.39, 0.29) is 11.4 Å². The molecule has 0 fully saturated rings. The average Bonchev–Trinajstić information content (AvgIpc) is 2.34. The Morgan fingerprint density at radius 2 is 1.78 bits per heavy atom. The highest BCUT2D eigenvalue weighted by Gasteiger charge is 2.13. The van der Waals surface area contributed by atoms with Gasteiger partial charge in [0.2, 0.25) is 0 Å². The van der Waals surface area contributed by atoms with Crippen LogP contribution < -0.4 is 11.1 Å². The van der Waals surface area contributed by atoms with E-state index in [1.807, 2.05) is 0 Å². The number of hydrogen-bond donors (Lipinski definition) is 2. The van der Waals surface area contributed by atoms with Crippen LogP contribution in [0.4, 0.5) is 20.2 Å². The SMILES string of the molecule is Nc1cc(F)cc(F)c1NC(=O)c1ccccc1. The molecule has 0 bridgehead atoms. The summed E-state index contributed by atoms with van der Waals surface area (Å²) in [4.78, 5) is 11.8. The zero-order valence-corrected chi connectivity index (χ0v) is 9.28. The van der Waals surface area contributed by atoms with Crippen molar-refractivity contribution >= 4 is 17.3 Å². The molecule has 0 aliphatic rings. The fourth-order valence-corrected chi connectivity index (χ4v) is 1.50. The lowest BCUT2D eigenvalue weighted by Crippen LogP contribution is -2.14. The van der Waals surface area contributed by atoms with Gasteiger partial charge >= 0.3 is 0 Å². The zero-order valence-electron chi connectivity index (χ0n) is 9.28. The predicted octanol–water partition coefficient (Wildman–Crippen LogP) is 2.80. The van der Waals surface area contributed by atoms with Crippen molar-refractivity contribution in [3.8, 4) is 0 Å². The minimum atomic E-state index is -0.906. The van der Waals surface area contributed by atoms with E-state index in [1.54, 1.807) is 30.3 Å². The third-order valence-electron chi connectivity index (χ3n) is 2.36. The van der Waals surface area contributed by atoms with E-state index < -0.39 is 17.5 Å².